The van der Waals surface area contributed by atoms with Crippen molar-refractivity contribution in [1.29, 1.82) is 0 Å². The van der Waals surface area contributed by atoms with Crippen LogP contribution in [0.1, 0.15) is 22.8 Å². The molecular formula is C26H16Cl2N4O2S. The summed E-state index contributed by atoms with van der Waals surface area (Å²) < 4.78 is 24.1. The van der Waals surface area contributed by atoms with E-state index in [1.165, 1.54) is 6.07 Å². The summed E-state index contributed by atoms with van der Waals surface area (Å²) >= 11 is 6.53. The summed E-state index contributed by atoms with van der Waals surface area (Å²) in [6.45, 7) is 0. The van der Waals surface area contributed by atoms with Crippen LogP contribution in [0.25, 0.3) is 57.5 Å². The molecule has 0 spiro atoms. The molecule has 0 amide bonds. The minimum Gasteiger partial charge on any atom is -0.355 e. The van der Waals surface area contributed by atoms with Crippen LogP contribution in [0.4, 0.5) is 0 Å². The fraction of sp³-hybridized carbons (Fsp3) is 0. The minimum absolute atomic E-state index is 0.0590. The van der Waals surface area contributed by atoms with Crippen molar-refractivity contribution >= 4 is 77.7 Å². The Hall–Kier alpha value is -3.65. The van der Waals surface area contributed by atoms with Gasteiger partial charge in [-0.2, -0.15) is 0 Å². The number of rotatable bonds is 2. The molecule has 0 atom stereocenters. The van der Waals surface area contributed by atoms with Crippen LogP contribution in [0, 0.1) is 0 Å². The number of aromatic nitrogens is 4. The van der Waals surface area contributed by atoms with Gasteiger partial charge in [0.1, 0.15) is 4.90 Å². The van der Waals surface area contributed by atoms with E-state index in [1.54, 1.807) is 12.1 Å². The lowest BCUT2D eigenvalue weighted by Gasteiger charge is -2.06. The van der Waals surface area contributed by atoms with E-state index in [1.807, 2.05) is 66.8 Å². The van der Waals surface area contributed by atoms with Gasteiger partial charge in [-0.25, -0.2) is 18.4 Å². The topological polar surface area (TPSA) is 91.5 Å². The molecule has 0 fully saturated rings. The summed E-state index contributed by atoms with van der Waals surface area (Å²) in [6.07, 6.45) is 7.73. The summed E-state index contributed by atoms with van der Waals surface area (Å²) in [5.41, 5.74) is 7.77. The molecule has 0 saturated carbocycles. The van der Waals surface area contributed by atoms with Gasteiger partial charge in [-0.1, -0.05) is 23.7 Å². The highest BCUT2D eigenvalue weighted by atomic mass is 35.7. The van der Waals surface area contributed by atoms with Gasteiger partial charge in [0.25, 0.3) is 9.05 Å². The maximum absolute atomic E-state index is 12.0. The molecule has 0 saturated heterocycles. The Kier molecular flexibility index (Phi) is 5.14. The van der Waals surface area contributed by atoms with E-state index in [4.69, 9.17) is 27.3 Å². The zero-order valence-corrected chi connectivity index (χ0v) is 20.3. The van der Waals surface area contributed by atoms with Crippen molar-refractivity contribution in [1.82, 2.24) is 19.9 Å². The maximum Gasteiger partial charge on any atom is 0.262 e. The molecule has 8 bridgehead atoms. The van der Waals surface area contributed by atoms with Crippen molar-refractivity contribution in [2.75, 3.05) is 0 Å². The zero-order valence-electron chi connectivity index (χ0n) is 18.0. The van der Waals surface area contributed by atoms with Gasteiger partial charge in [0, 0.05) is 43.9 Å². The molecule has 1 aromatic carbocycles. The SMILES string of the molecule is O=S(=O)(Cl)c1cccc(-c2cc3cc4nc(cc5ccc(cc6nc(cc2[nH]3)C=C6)[nH]5)C=C4)c1Cl. The van der Waals surface area contributed by atoms with Gasteiger partial charge >= 0.3 is 0 Å². The quantitative estimate of drug-likeness (QED) is 0.244. The average Bonchev–Trinajstić information content (AvgIpc) is 3.58. The first-order chi connectivity index (χ1) is 16.8. The molecule has 4 aromatic rings. The Balaban J connectivity index is 1.68. The summed E-state index contributed by atoms with van der Waals surface area (Å²) in [4.78, 5) is 16.0. The maximum atomic E-state index is 12.0. The first-order valence-electron chi connectivity index (χ1n) is 10.6. The van der Waals surface area contributed by atoms with Crippen molar-refractivity contribution < 1.29 is 8.42 Å². The highest BCUT2D eigenvalue weighted by Crippen LogP contribution is 2.37. The summed E-state index contributed by atoms with van der Waals surface area (Å²) in [6, 6.07) is 18.4. The van der Waals surface area contributed by atoms with Gasteiger partial charge in [0.15, 0.2) is 0 Å². The highest BCUT2D eigenvalue weighted by molar-refractivity contribution is 8.13. The van der Waals surface area contributed by atoms with E-state index in [0.29, 0.717) is 11.1 Å². The van der Waals surface area contributed by atoms with E-state index in [9.17, 15) is 8.42 Å². The molecule has 3 aromatic heterocycles. The number of fused-ring (bicyclic) bond motifs is 8. The molecule has 9 heteroatoms. The predicted molar refractivity (Wildman–Crippen MR) is 142 cm³/mol. The molecular weight excluding hydrogens is 503 g/mol. The monoisotopic (exact) mass is 518 g/mol. The second-order valence-corrected chi connectivity index (χ2v) is 11.1. The van der Waals surface area contributed by atoms with Crippen LogP contribution < -0.4 is 0 Å². The third kappa shape index (κ3) is 4.30. The second kappa shape index (κ2) is 8.23. The number of benzene rings is 1. The molecule has 6 rings (SSSR count). The Morgan fingerprint density at radius 2 is 1.23 bits per heavy atom. The lowest BCUT2D eigenvalue weighted by atomic mass is 10.1. The number of nitrogens with one attached hydrogen (secondary N) is 2. The lowest BCUT2D eigenvalue weighted by Crippen LogP contribution is -1.93. The normalized spacial score (nSPS) is 12.9. The molecule has 6 nitrogen and oxygen atoms in total. The molecule has 5 heterocycles. The van der Waals surface area contributed by atoms with Crippen LogP contribution in [-0.4, -0.2) is 28.4 Å². The molecule has 0 radical (unpaired) electrons. The minimum atomic E-state index is -4.01. The van der Waals surface area contributed by atoms with Gasteiger partial charge < -0.3 is 9.97 Å². The first kappa shape index (κ1) is 21.9. The van der Waals surface area contributed by atoms with E-state index in [-0.39, 0.29) is 9.92 Å². The van der Waals surface area contributed by atoms with Crippen LogP contribution >= 0.6 is 22.3 Å². The van der Waals surface area contributed by atoms with Crippen LogP contribution in [0.2, 0.25) is 5.02 Å². The van der Waals surface area contributed by atoms with Crippen molar-refractivity contribution in [2.45, 2.75) is 4.90 Å². The van der Waals surface area contributed by atoms with Gasteiger partial charge in [0.05, 0.1) is 27.8 Å². The predicted octanol–water partition coefficient (Wildman–Crippen LogP) is 6.90. The molecule has 0 unspecified atom stereocenters. The van der Waals surface area contributed by atoms with Crippen LogP contribution in [0.3, 0.4) is 0 Å². The largest absolute Gasteiger partial charge is 0.355 e. The van der Waals surface area contributed by atoms with E-state index >= 15 is 0 Å². The molecule has 2 aliphatic rings. The number of nitrogens with zero attached hydrogens (tertiary/aromatic N) is 2. The van der Waals surface area contributed by atoms with E-state index in [0.717, 1.165) is 44.8 Å². The van der Waals surface area contributed by atoms with Crippen molar-refractivity contribution in [3.05, 3.63) is 88.5 Å². The molecule has 0 aliphatic carbocycles. The number of aromatic amines is 2. The van der Waals surface area contributed by atoms with Gasteiger partial charge in [-0.05, 0) is 72.8 Å². The van der Waals surface area contributed by atoms with Crippen molar-refractivity contribution in [2.24, 2.45) is 0 Å². The number of hydrogen-bond acceptors (Lipinski definition) is 4. The molecule has 2 aliphatic heterocycles. The third-order valence-electron chi connectivity index (χ3n) is 5.68. The Bertz CT molecular complexity index is 1850. The van der Waals surface area contributed by atoms with Crippen molar-refractivity contribution in [3.8, 4) is 11.1 Å². The first-order valence-corrected chi connectivity index (χ1v) is 13.3. The van der Waals surface area contributed by atoms with Crippen LogP contribution in [-0.2, 0) is 9.05 Å². The van der Waals surface area contributed by atoms with Gasteiger partial charge in [0.2, 0.25) is 0 Å². The third-order valence-corrected chi connectivity index (χ3v) is 7.57. The lowest BCUT2D eigenvalue weighted by molar-refractivity contribution is 0.609. The summed E-state index contributed by atoms with van der Waals surface area (Å²) in [5.74, 6) is 0. The average molecular weight is 519 g/mol. The summed E-state index contributed by atoms with van der Waals surface area (Å²) in [7, 11) is 1.60. The fourth-order valence-electron chi connectivity index (χ4n) is 4.15. The molecule has 35 heavy (non-hydrogen) atoms. The number of H-pyrrole nitrogens is 2. The highest BCUT2D eigenvalue weighted by Gasteiger charge is 2.19. The van der Waals surface area contributed by atoms with E-state index in [2.05, 4.69) is 15.0 Å². The van der Waals surface area contributed by atoms with Crippen LogP contribution in [0.5, 0.6) is 0 Å². The smallest absolute Gasteiger partial charge is 0.262 e. The second-order valence-electron chi connectivity index (χ2n) is 8.14. The van der Waals surface area contributed by atoms with Crippen LogP contribution in [0.15, 0.2) is 65.6 Å². The Morgan fingerprint density at radius 1 is 0.657 bits per heavy atom. The van der Waals surface area contributed by atoms with E-state index < -0.39 is 9.05 Å². The zero-order chi connectivity index (χ0) is 24.2. The molecule has 172 valence electrons. The van der Waals surface area contributed by atoms with Gasteiger partial charge in [-0.3, -0.25) is 0 Å². The summed E-state index contributed by atoms with van der Waals surface area (Å²) in [5, 5.41) is 0.0590. The Morgan fingerprint density at radius 3 is 1.83 bits per heavy atom. The standard InChI is InChI=1S/C26H16Cl2N4O2S/c27-26-22(2-1-3-25(26)35(28,33)34)23-13-21-12-19-7-6-17(30-19)10-15-4-5-16(29-15)11-18-8-9-20(31-18)14-24(23)32-21/h1-14,29,32H. The van der Waals surface area contributed by atoms with Gasteiger partial charge in [-0.15, -0.1) is 0 Å². The van der Waals surface area contributed by atoms with Crippen molar-refractivity contribution in [3.63, 3.8) is 0 Å². The molecule has 2 N–H and O–H groups in total. The Labute approximate surface area is 210 Å². The fourth-order valence-corrected chi connectivity index (χ4v) is 5.75. The number of hydrogen-bond donors (Lipinski definition) is 2. The number of halogens is 2.